The van der Waals surface area contributed by atoms with E-state index >= 15 is 0 Å². The third-order valence-electron chi connectivity index (χ3n) is 5.42. The van der Waals surface area contributed by atoms with Crippen LogP contribution in [0.4, 0.5) is 5.69 Å². The average molecular weight is 474 g/mol. The highest BCUT2D eigenvalue weighted by molar-refractivity contribution is 6.31. The molecule has 0 bridgehead atoms. The van der Waals surface area contributed by atoms with Crippen molar-refractivity contribution >= 4 is 35.0 Å². The molecule has 2 aromatic carbocycles. The summed E-state index contributed by atoms with van der Waals surface area (Å²) in [6, 6.07) is 11.9. The highest BCUT2D eigenvalue weighted by Crippen LogP contribution is 2.26. The Balaban J connectivity index is 1.45. The quantitative estimate of drug-likeness (QED) is 0.612. The summed E-state index contributed by atoms with van der Waals surface area (Å²) in [5.41, 5.74) is 1.03. The molecule has 2 aromatic rings. The van der Waals surface area contributed by atoms with Crippen LogP contribution in [0.3, 0.4) is 0 Å². The molecule has 0 saturated carbocycles. The Labute approximate surface area is 198 Å². The minimum Gasteiger partial charge on any atom is -0.496 e. The lowest BCUT2D eigenvalue weighted by atomic mass is 9.95. The summed E-state index contributed by atoms with van der Waals surface area (Å²) in [7, 11) is 1.50. The zero-order valence-electron chi connectivity index (χ0n) is 18.7. The molecule has 1 fully saturated rings. The summed E-state index contributed by atoms with van der Waals surface area (Å²) in [4.78, 5) is 39.2. The smallest absolute Gasteiger partial charge is 0.257 e. The summed E-state index contributed by atoms with van der Waals surface area (Å²) in [6.45, 7) is 3.22. The van der Waals surface area contributed by atoms with E-state index in [1.165, 1.54) is 7.11 Å². The maximum Gasteiger partial charge on any atom is 0.257 e. The number of piperidine rings is 1. The first-order chi connectivity index (χ1) is 15.9. The van der Waals surface area contributed by atoms with Gasteiger partial charge in [0.1, 0.15) is 11.5 Å². The van der Waals surface area contributed by atoms with Crippen LogP contribution in [0.15, 0.2) is 42.5 Å². The largest absolute Gasteiger partial charge is 0.496 e. The lowest BCUT2D eigenvalue weighted by Gasteiger charge is -2.31. The molecule has 1 heterocycles. The summed E-state index contributed by atoms with van der Waals surface area (Å²) >= 11 is 6.04. The van der Waals surface area contributed by atoms with Crippen molar-refractivity contribution in [1.29, 1.82) is 0 Å². The Morgan fingerprint density at radius 3 is 2.42 bits per heavy atom. The third kappa shape index (κ3) is 6.61. The molecule has 2 N–H and O–H groups in total. The fourth-order valence-corrected chi connectivity index (χ4v) is 3.85. The van der Waals surface area contributed by atoms with Gasteiger partial charge in [0.05, 0.1) is 25.8 Å². The number of nitrogens with one attached hydrogen (secondary N) is 2. The molecule has 9 heteroatoms. The van der Waals surface area contributed by atoms with E-state index in [2.05, 4.69) is 10.6 Å². The summed E-state index contributed by atoms with van der Waals surface area (Å²) in [5, 5.41) is 5.88. The zero-order chi connectivity index (χ0) is 23.8. The maximum atomic E-state index is 12.9. The first kappa shape index (κ1) is 24.4. The van der Waals surface area contributed by atoms with E-state index < -0.39 is 0 Å². The van der Waals surface area contributed by atoms with Gasteiger partial charge in [-0.25, -0.2) is 0 Å². The van der Waals surface area contributed by atoms with E-state index in [1.54, 1.807) is 47.4 Å². The van der Waals surface area contributed by atoms with E-state index in [4.69, 9.17) is 21.1 Å². The van der Waals surface area contributed by atoms with Gasteiger partial charge in [-0.2, -0.15) is 0 Å². The van der Waals surface area contributed by atoms with E-state index in [0.29, 0.717) is 54.6 Å². The number of nitrogens with zero attached hydrogens (tertiary/aromatic N) is 1. The van der Waals surface area contributed by atoms with Gasteiger partial charge in [-0.05, 0) is 62.2 Å². The molecular weight excluding hydrogens is 446 g/mol. The molecule has 0 radical (unpaired) electrons. The van der Waals surface area contributed by atoms with Crippen LogP contribution in [0.5, 0.6) is 11.5 Å². The standard InChI is InChI=1S/C24H28ClN3O5/c1-3-33-19-7-5-18(6-8-19)27-22(29)15-26-23(30)16-10-12-28(13-11-16)24(31)20-14-17(25)4-9-21(20)32-2/h4-9,14,16H,3,10-13,15H2,1-2H3,(H,26,30)(H,27,29). The predicted molar refractivity (Wildman–Crippen MR) is 126 cm³/mol. The number of ether oxygens (including phenoxy) is 2. The third-order valence-corrected chi connectivity index (χ3v) is 5.65. The second kappa shape index (κ2) is 11.6. The monoisotopic (exact) mass is 473 g/mol. The van der Waals surface area contributed by atoms with Crippen LogP contribution in [0.25, 0.3) is 0 Å². The summed E-state index contributed by atoms with van der Waals surface area (Å²) in [6.07, 6.45) is 1.03. The zero-order valence-corrected chi connectivity index (χ0v) is 19.5. The van der Waals surface area contributed by atoms with E-state index in [0.717, 1.165) is 5.75 Å². The Morgan fingerprint density at radius 1 is 1.09 bits per heavy atom. The molecule has 1 saturated heterocycles. The van der Waals surface area contributed by atoms with Gasteiger partial charge in [0.15, 0.2) is 0 Å². The number of carbonyl (C=O) groups excluding carboxylic acids is 3. The number of hydrogen-bond donors (Lipinski definition) is 2. The van der Waals surface area contributed by atoms with Gasteiger partial charge in [0.2, 0.25) is 11.8 Å². The van der Waals surface area contributed by atoms with Gasteiger partial charge < -0.3 is 25.0 Å². The van der Waals surface area contributed by atoms with Crippen LogP contribution in [0.2, 0.25) is 5.02 Å². The van der Waals surface area contributed by atoms with Crippen LogP contribution >= 0.6 is 11.6 Å². The summed E-state index contributed by atoms with van der Waals surface area (Å²) in [5.74, 6) is 0.249. The molecule has 0 atom stereocenters. The number of hydrogen-bond acceptors (Lipinski definition) is 5. The van der Waals surface area contributed by atoms with Crippen molar-refractivity contribution in [2.75, 3.05) is 38.7 Å². The van der Waals surface area contributed by atoms with Crippen molar-refractivity contribution in [2.24, 2.45) is 5.92 Å². The fraction of sp³-hybridized carbons (Fsp3) is 0.375. The topological polar surface area (TPSA) is 97.0 Å². The van der Waals surface area contributed by atoms with Gasteiger partial charge in [0, 0.05) is 29.7 Å². The van der Waals surface area contributed by atoms with Crippen LogP contribution in [-0.2, 0) is 9.59 Å². The molecule has 1 aliphatic heterocycles. The normalized spacial score (nSPS) is 13.8. The maximum absolute atomic E-state index is 12.9. The number of amides is 3. The van der Waals surface area contributed by atoms with Crippen molar-refractivity contribution in [3.05, 3.63) is 53.1 Å². The molecule has 0 aliphatic carbocycles. The van der Waals surface area contributed by atoms with E-state index in [9.17, 15) is 14.4 Å². The Hall–Kier alpha value is -3.26. The molecule has 8 nitrogen and oxygen atoms in total. The number of methoxy groups -OCH3 is 1. The molecular formula is C24H28ClN3O5. The van der Waals surface area contributed by atoms with E-state index in [-0.39, 0.29) is 30.2 Å². The molecule has 0 aromatic heterocycles. The Bertz CT molecular complexity index is 988. The highest BCUT2D eigenvalue weighted by Gasteiger charge is 2.29. The fourth-order valence-electron chi connectivity index (χ4n) is 3.68. The van der Waals surface area contributed by atoms with Crippen LogP contribution in [0, 0.1) is 5.92 Å². The number of halogens is 1. The van der Waals surface area contributed by atoms with Gasteiger partial charge in [-0.1, -0.05) is 11.6 Å². The molecule has 1 aliphatic rings. The molecule has 176 valence electrons. The molecule has 0 spiro atoms. The highest BCUT2D eigenvalue weighted by atomic mass is 35.5. The Morgan fingerprint density at radius 2 is 1.79 bits per heavy atom. The second-order valence-corrected chi connectivity index (χ2v) is 8.07. The van der Waals surface area contributed by atoms with Crippen molar-refractivity contribution in [3.8, 4) is 11.5 Å². The van der Waals surface area contributed by atoms with Crippen LogP contribution in [0.1, 0.15) is 30.1 Å². The molecule has 3 rings (SSSR count). The number of benzene rings is 2. The number of anilines is 1. The van der Waals surface area contributed by atoms with Crippen molar-refractivity contribution in [3.63, 3.8) is 0 Å². The molecule has 0 unspecified atom stereocenters. The van der Waals surface area contributed by atoms with Gasteiger partial charge in [0.25, 0.3) is 5.91 Å². The summed E-state index contributed by atoms with van der Waals surface area (Å²) < 4.78 is 10.6. The van der Waals surface area contributed by atoms with Crippen molar-refractivity contribution in [1.82, 2.24) is 10.2 Å². The predicted octanol–water partition coefficient (Wildman–Crippen LogP) is 3.35. The van der Waals surface area contributed by atoms with Gasteiger partial charge >= 0.3 is 0 Å². The van der Waals surface area contributed by atoms with Crippen LogP contribution in [-0.4, -0.2) is 56.0 Å². The first-order valence-corrected chi connectivity index (χ1v) is 11.2. The molecule has 33 heavy (non-hydrogen) atoms. The lowest BCUT2D eigenvalue weighted by Crippen LogP contribution is -2.44. The lowest BCUT2D eigenvalue weighted by molar-refractivity contribution is -0.128. The average Bonchev–Trinajstić information content (AvgIpc) is 2.83. The number of carbonyl (C=O) groups is 3. The van der Waals surface area contributed by atoms with Gasteiger partial charge in [-0.3, -0.25) is 14.4 Å². The second-order valence-electron chi connectivity index (χ2n) is 7.63. The molecule has 3 amide bonds. The number of rotatable bonds is 8. The first-order valence-electron chi connectivity index (χ1n) is 10.8. The number of likely N-dealkylation sites (tertiary alicyclic amines) is 1. The van der Waals surface area contributed by atoms with Crippen molar-refractivity contribution in [2.45, 2.75) is 19.8 Å². The van der Waals surface area contributed by atoms with Gasteiger partial charge in [-0.15, -0.1) is 0 Å². The Kier molecular flexibility index (Phi) is 8.54. The minimum atomic E-state index is -0.312. The van der Waals surface area contributed by atoms with E-state index in [1.807, 2.05) is 6.92 Å². The van der Waals surface area contributed by atoms with Crippen molar-refractivity contribution < 1.29 is 23.9 Å². The minimum absolute atomic E-state index is 0.120. The SMILES string of the molecule is CCOc1ccc(NC(=O)CNC(=O)C2CCN(C(=O)c3cc(Cl)ccc3OC)CC2)cc1. The van der Waals surface area contributed by atoms with Crippen LogP contribution < -0.4 is 20.1 Å².